The maximum Gasteiger partial charge on any atom is 0 e. The minimum atomic E-state index is -10.7. The molecule has 0 aromatic carbocycles. The van der Waals surface area contributed by atoms with Crippen LogP contribution < -0.4 is 0 Å². The summed E-state index contributed by atoms with van der Waals surface area (Å²) in [5.41, 5.74) is 0. The first-order chi connectivity index (χ1) is 9.80. The van der Waals surface area contributed by atoms with Crippen LogP contribution in [0.1, 0.15) is 0 Å². The fourth-order valence-corrected chi connectivity index (χ4v) is 0. The van der Waals surface area contributed by atoms with E-state index in [0.717, 1.165) is 0 Å². The van der Waals surface area contributed by atoms with Crippen molar-refractivity contribution in [2.45, 2.75) is 0 Å². The van der Waals surface area contributed by atoms with Crippen LogP contribution in [0.4, 0.5) is 101 Å². The topological polar surface area (TPSA) is 0 Å². The van der Waals surface area contributed by atoms with Gasteiger partial charge in [0.25, 0.3) is 0 Å². The van der Waals surface area contributed by atoms with E-state index >= 15 is 0 Å². The molecule has 0 aromatic heterocycles. The monoisotopic (exact) mass is 643 g/mol. The third-order valence-electron chi connectivity index (χ3n) is 0. The SMILES string of the molecule is F[P-](F)(F)(F)(F)F.F[P-](F)(F)(F)(F)F.F[P-](F)(F)(F)(F)F.F[P-](F)(F)(F)(F)F.[Cu]. The Balaban J connectivity index is -0.0000000873. The second kappa shape index (κ2) is 5.91. The van der Waals surface area contributed by atoms with Crippen LogP contribution in [0.25, 0.3) is 0 Å². The van der Waals surface area contributed by atoms with E-state index in [1.165, 1.54) is 0 Å². The van der Waals surface area contributed by atoms with Crippen molar-refractivity contribution in [2.24, 2.45) is 0 Å². The van der Waals surface area contributed by atoms with E-state index in [4.69, 9.17) is 0 Å². The summed E-state index contributed by atoms with van der Waals surface area (Å²) in [6, 6.07) is 0. The average Bonchev–Trinajstić information content (AvgIpc) is 1.39. The van der Waals surface area contributed by atoms with Crippen LogP contribution in [0.3, 0.4) is 0 Å². The van der Waals surface area contributed by atoms with Gasteiger partial charge in [-0.1, -0.05) is 0 Å². The normalized spacial score (nSPS) is 22.3. The molecule has 0 aliphatic carbocycles. The molecule has 0 amide bonds. The molecule has 0 nitrogen and oxygen atoms in total. The third kappa shape index (κ3) is 64400. The van der Waals surface area contributed by atoms with Gasteiger partial charge < -0.3 is 0 Å². The molecule has 0 aromatic rings. The maximum absolute atomic E-state index is 10.7. The molecular formula is CuF24P4-4. The number of hydrogen-bond donors (Lipinski definition) is 0. The van der Waals surface area contributed by atoms with E-state index in [9.17, 15) is 101 Å². The van der Waals surface area contributed by atoms with Crippen LogP contribution in [0, 0.1) is 0 Å². The van der Waals surface area contributed by atoms with Gasteiger partial charge in [0, 0.05) is 17.1 Å². The van der Waals surface area contributed by atoms with Crippen LogP contribution >= 0.6 is 31.2 Å². The zero-order valence-electron chi connectivity index (χ0n) is 11.2. The fourth-order valence-electron chi connectivity index (χ4n) is 0. The Morgan fingerprint density at radius 2 is 0.172 bits per heavy atom. The molecule has 0 aliphatic rings. The molecule has 0 unspecified atom stereocenters. The smallest absolute Gasteiger partial charge is 0 e. The quantitative estimate of drug-likeness (QED) is 0.140. The van der Waals surface area contributed by atoms with Crippen molar-refractivity contribution >= 4 is 31.2 Å². The number of halogens is 24. The molecule has 1 radical (unpaired) electrons. The summed E-state index contributed by atoms with van der Waals surface area (Å²) in [7, 11) is -42.6. The summed E-state index contributed by atoms with van der Waals surface area (Å²) < 4.78 is 237. The Hall–Kier alpha value is 0.559. The average molecular weight is 643 g/mol. The van der Waals surface area contributed by atoms with Crippen LogP contribution in [-0.2, 0) is 17.1 Å². The van der Waals surface area contributed by atoms with E-state index < -0.39 is 31.2 Å². The van der Waals surface area contributed by atoms with Gasteiger partial charge in [0.1, 0.15) is 0 Å². The van der Waals surface area contributed by atoms with Gasteiger partial charge in [-0.15, -0.1) is 0 Å². The molecule has 0 bridgehead atoms. The molecule has 0 heterocycles. The summed E-state index contributed by atoms with van der Waals surface area (Å²) in [5, 5.41) is 0. The Labute approximate surface area is 150 Å². The molecule has 0 saturated heterocycles. The van der Waals surface area contributed by atoms with Crippen molar-refractivity contribution in [1.29, 1.82) is 0 Å². The Morgan fingerprint density at radius 1 is 0.172 bits per heavy atom. The third-order valence-corrected chi connectivity index (χ3v) is 0. The molecular weight excluding hydrogens is 643 g/mol. The summed E-state index contributed by atoms with van der Waals surface area (Å²) in [6.45, 7) is 0. The number of hydrogen-bond acceptors (Lipinski definition) is 0. The largest absolute Gasteiger partial charge is 0 e. The Kier molecular flexibility index (Phi) is 8.15. The predicted molar refractivity (Wildman–Crippen MR) is 54.3 cm³/mol. The minimum absolute atomic E-state index is 0. The molecule has 0 rings (SSSR count). The van der Waals surface area contributed by atoms with Gasteiger partial charge >= 0.3 is 132 Å². The Bertz CT molecular complexity index is 377. The number of rotatable bonds is 0. The molecule has 29 heavy (non-hydrogen) atoms. The predicted octanol–water partition coefficient (Wildman–Crippen LogP) is 13.5. The fraction of sp³-hybridized carbons (Fsp3) is 0. The summed E-state index contributed by atoms with van der Waals surface area (Å²) in [5.74, 6) is 0. The van der Waals surface area contributed by atoms with Crippen molar-refractivity contribution in [3.8, 4) is 0 Å². The van der Waals surface area contributed by atoms with Gasteiger partial charge in [-0.3, -0.25) is 0 Å². The van der Waals surface area contributed by atoms with E-state index in [1.54, 1.807) is 0 Å². The van der Waals surface area contributed by atoms with E-state index in [0.29, 0.717) is 0 Å². The molecule has 0 aliphatic heterocycles. The van der Waals surface area contributed by atoms with Crippen molar-refractivity contribution < 1.29 is 118 Å². The molecule has 0 atom stereocenters. The van der Waals surface area contributed by atoms with Gasteiger partial charge in [-0.25, -0.2) is 0 Å². The van der Waals surface area contributed by atoms with Gasteiger partial charge in [0.2, 0.25) is 0 Å². The van der Waals surface area contributed by atoms with E-state index in [2.05, 4.69) is 0 Å². The first-order valence-electron chi connectivity index (χ1n) is 4.06. The second-order valence-electron chi connectivity index (χ2n) is 3.83. The summed E-state index contributed by atoms with van der Waals surface area (Å²) in [6.07, 6.45) is 0. The van der Waals surface area contributed by atoms with Crippen LogP contribution in [0.15, 0.2) is 0 Å². The molecule has 203 valence electrons. The second-order valence-corrected chi connectivity index (χ2v) is 11.5. The van der Waals surface area contributed by atoms with Crippen LogP contribution in [0.5, 0.6) is 0 Å². The Morgan fingerprint density at radius 3 is 0.172 bits per heavy atom. The minimum Gasteiger partial charge on any atom is 0 e. The van der Waals surface area contributed by atoms with Crippen LogP contribution in [-0.4, -0.2) is 0 Å². The van der Waals surface area contributed by atoms with Gasteiger partial charge in [0.05, 0.1) is 0 Å². The van der Waals surface area contributed by atoms with E-state index in [1.807, 2.05) is 0 Å². The van der Waals surface area contributed by atoms with Crippen LogP contribution in [0.2, 0.25) is 0 Å². The molecule has 29 heteroatoms. The maximum atomic E-state index is 9.87. The molecule has 0 N–H and O–H groups in total. The van der Waals surface area contributed by atoms with E-state index in [-0.39, 0.29) is 17.1 Å². The van der Waals surface area contributed by atoms with Gasteiger partial charge in [-0.2, -0.15) is 0 Å². The summed E-state index contributed by atoms with van der Waals surface area (Å²) in [4.78, 5) is 0. The van der Waals surface area contributed by atoms with Gasteiger partial charge in [-0.05, 0) is 0 Å². The summed E-state index contributed by atoms with van der Waals surface area (Å²) >= 11 is 0. The van der Waals surface area contributed by atoms with Gasteiger partial charge in [0.15, 0.2) is 0 Å². The first-order valence-corrected chi connectivity index (χ1v) is 12.2. The van der Waals surface area contributed by atoms with Crippen molar-refractivity contribution in [3.05, 3.63) is 0 Å². The first kappa shape index (κ1) is 40.0. The zero-order valence-corrected chi connectivity index (χ0v) is 15.7. The van der Waals surface area contributed by atoms with Crippen molar-refractivity contribution in [2.75, 3.05) is 0 Å². The molecule has 0 spiro atoms. The standard InChI is InChI=1S/Cu.4F6P/c;4*1-7(2,3,4,5)6/q;4*-1. The van der Waals surface area contributed by atoms with Crippen molar-refractivity contribution in [1.82, 2.24) is 0 Å². The molecule has 0 saturated carbocycles. The zero-order chi connectivity index (χ0) is 25.6. The van der Waals surface area contributed by atoms with Crippen molar-refractivity contribution in [3.63, 3.8) is 0 Å². The molecule has 0 fully saturated rings.